The highest BCUT2D eigenvalue weighted by atomic mass is 16.5. The zero-order chi connectivity index (χ0) is 15.8. The topological polar surface area (TPSA) is 108 Å². The number of carboxylic acids is 1. The van der Waals surface area contributed by atoms with Crippen LogP contribution in [0.1, 0.15) is 19.4 Å². The zero-order valence-corrected chi connectivity index (χ0v) is 11.8. The van der Waals surface area contributed by atoms with Crippen LogP contribution in [0.4, 0.5) is 4.79 Å². The molecule has 0 radical (unpaired) electrons. The largest absolute Gasteiger partial charge is 0.548 e. The van der Waals surface area contributed by atoms with Crippen LogP contribution in [0.25, 0.3) is 0 Å². The molecule has 114 valence electrons. The van der Waals surface area contributed by atoms with Gasteiger partial charge in [0.1, 0.15) is 12.6 Å². The van der Waals surface area contributed by atoms with E-state index in [1.807, 2.05) is 18.2 Å². The predicted molar refractivity (Wildman–Crippen MR) is 71.8 cm³/mol. The summed E-state index contributed by atoms with van der Waals surface area (Å²) in [5.74, 6) is -2.04. The van der Waals surface area contributed by atoms with Gasteiger partial charge in [0.15, 0.2) is 0 Å². The molecule has 0 unspecified atom stereocenters. The lowest BCUT2D eigenvalue weighted by atomic mass is 10.2. The predicted octanol–water partition coefficient (Wildman–Crippen LogP) is -0.444. The van der Waals surface area contributed by atoms with E-state index in [1.54, 1.807) is 12.1 Å². The fourth-order valence-corrected chi connectivity index (χ4v) is 1.40. The van der Waals surface area contributed by atoms with Crippen LogP contribution < -0.4 is 15.7 Å². The summed E-state index contributed by atoms with van der Waals surface area (Å²) in [5, 5.41) is 15.0. The summed E-state index contributed by atoms with van der Waals surface area (Å²) in [6.07, 6.45) is -0.761. The van der Waals surface area contributed by atoms with Gasteiger partial charge in [-0.3, -0.25) is 4.79 Å². The van der Waals surface area contributed by atoms with Crippen molar-refractivity contribution in [3.63, 3.8) is 0 Å². The molecule has 2 amide bonds. The second-order valence-corrected chi connectivity index (χ2v) is 4.48. The van der Waals surface area contributed by atoms with E-state index in [-0.39, 0.29) is 6.61 Å². The third kappa shape index (κ3) is 5.94. The molecule has 7 heteroatoms. The smallest absolute Gasteiger partial charge is 0.408 e. The second-order valence-electron chi connectivity index (χ2n) is 4.48. The van der Waals surface area contributed by atoms with Gasteiger partial charge in [-0.15, -0.1) is 0 Å². The summed E-state index contributed by atoms with van der Waals surface area (Å²) in [6, 6.07) is 7.00. The summed E-state index contributed by atoms with van der Waals surface area (Å²) in [4.78, 5) is 33.6. The number of ether oxygens (including phenoxy) is 1. The molecule has 0 saturated carbocycles. The quantitative estimate of drug-likeness (QED) is 0.739. The first-order valence-electron chi connectivity index (χ1n) is 6.38. The minimum absolute atomic E-state index is 0.0798. The number of hydrogen-bond donors (Lipinski definition) is 2. The van der Waals surface area contributed by atoms with Gasteiger partial charge in [-0.1, -0.05) is 30.3 Å². The van der Waals surface area contributed by atoms with Gasteiger partial charge in [-0.2, -0.15) is 0 Å². The summed E-state index contributed by atoms with van der Waals surface area (Å²) in [5.41, 5.74) is 0.815. The Morgan fingerprint density at radius 3 is 2.29 bits per heavy atom. The van der Waals surface area contributed by atoms with Crippen molar-refractivity contribution in [3.05, 3.63) is 35.9 Å². The Bertz CT molecular complexity index is 503. The third-order valence-electron chi connectivity index (χ3n) is 2.65. The van der Waals surface area contributed by atoms with Crippen molar-refractivity contribution in [3.8, 4) is 0 Å². The molecular formula is C14H17N2O5-. The summed E-state index contributed by atoms with van der Waals surface area (Å²) < 4.78 is 4.94. The van der Waals surface area contributed by atoms with E-state index >= 15 is 0 Å². The summed E-state index contributed by atoms with van der Waals surface area (Å²) in [7, 11) is 0. The van der Waals surface area contributed by atoms with Crippen molar-refractivity contribution in [2.45, 2.75) is 32.5 Å². The van der Waals surface area contributed by atoms with Crippen LogP contribution in [-0.4, -0.2) is 30.1 Å². The van der Waals surface area contributed by atoms with E-state index in [0.29, 0.717) is 0 Å². The molecule has 0 heterocycles. The molecule has 0 saturated heterocycles. The van der Waals surface area contributed by atoms with Crippen molar-refractivity contribution in [1.82, 2.24) is 10.6 Å². The van der Waals surface area contributed by atoms with Crippen molar-refractivity contribution in [2.24, 2.45) is 0 Å². The van der Waals surface area contributed by atoms with Gasteiger partial charge >= 0.3 is 6.09 Å². The molecule has 0 bridgehead atoms. The molecule has 0 aromatic heterocycles. The molecule has 0 fully saturated rings. The van der Waals surface area contributed by atoms with Crippen LogP contribution in [0.15, 0.2) is 30.3 Å². The Morgan fingerprint density at radius 2 is 1.71 bits per heavy atom. The fraction of sp³-hybridized carbons (Fsp3) is 0.357. The van der Waals surface area contributed by atoms with E-state index in [2.05, 4.69) is 10.6 Å². The van der Waals surface area contributed by atoms with Gasteiger partial charge in [0.05, 0.1) is 12.0 Å². The van der Waals surface area contributed by atoms with Gasteiger partial charge in [-0.25, -0.2) is 4.79 Å². The molecule has 1 aromatic rings. The number of nitrogens with one attached hydrogen (secondary N) is 2. The highest BCUT2D eigenvalue weighted by Crippen LogP contribution is 2.00. The van der Waals surface area contributed by atoms with Gasteiger partial charge in [-0.05, 0) is 19.4 Å². The van der Waals surface area contributed by atoms with Crippen molar-refractivity contribution in [1.29, 1.82) is 0 Å². The van der Waals surface area contributed by atoms with Crippen molar-refractivity contribution in [2.75, 3.05) is 0 Å². The summed E-state index contributed by atoms with van der Waals surface area (Å²) >= 11 is 0. The Morgan fingerprint density at radius 1 is 1.10 bits per heavy atom. The molecule has 0 aliphatic rings. The molecule has 2 N–H and O–H groups in total. The van der Waals surface area contributed by atoms with Crippen LogP contribution in [0.5, 0.6) is 0 Å². The first-order chi connectivity index (χ1) is 9.90. The van der Waals surface area contributed by atoms with E-state index in [0.717, 1.165) is 5.56 Å². The Hall–Kier alpha value is -2.57. The van der Waals surface area contributed by atoms with E-state index < -0.39 is 30.1 Å². The number of rotatable bonds is 6. The first-order valence-corrected chi connectivity index (χ1v) is 6.38. The molecule has 0 aliphatic heterocycles. The standard InChI is InChI=1S/C14H18N2O5/c1-9(12(17)15-10(2)13(18)19)16-14(20)21-8-11-6-4-3-5-7-11/h3-7,9-10H,8H2,1-2H3,(H,15,17)(H,16,20)(H,18,19)/p-1/t9-,10-/m1/s1. The minimum Gasteiger partial charge on any atom is -0.548 e. The van der Waals surface area contributed by atoms with Gasteiger partial charge < -0.3 is 25.3 Å². The number of benzene rings is 1. The fourth-order valence-electron chi connectivity index (χ4n) is 1.40. The molecule has 2 atom stereocenters. The van der Waals surface area contributed by atoms with Crippen molar-refractivity contribution >= 4 is 18.0 Å². The molecule has 7 nitrogen and oxygen atoms in total. The minimum atomic E-state index is -1.40. The monoisotopic (exact) mass is 293 g/mol. The Balaban J connectivity index is 2.36. The molecule has 0 aliphatic carbocycles. The maximum absolute atomic E-state index is 11.6. The maximum atomic E-state index is 11.6. The number of carboxylic acid groups (broad SMARTS) is 1. The van der Waals surface area contributed by atoms with Crippen molar-refractivity contribution < 1.29 is 24.2 Å². The number of aliphatic carboxylic acids is 1. The Kier molecular flexibility index (Phi) is 6.19. The van der Waals surface area contributed by atoms with E-state index in [4.69, 9.17) is 4.74 Å². The molecule has 21 heavy (non-hydrogen) atoms. The number of alkyl carbamates (subject to hydrolysis) is 1. The molecule has 1 aromatic carbocycles. The normalized spacial score (nSPS) is 12.9. The van der Waals surface area contributed by atoms with E-state index in [9.17, 15) is 19.5 Å². The number of amides is 2. The second kappa shape index (κ2) is 7.88. The molecule has 1 rings (SSSR count). The number of carbonyl (C=O) groups excluding carboxylic acids is 3. The third-order valence-corrected chi connectivity index (χ3v) is 2.65. The van der Waals surface area contributed by atoms with Crippen LogP contribution in [-0.2, 0) is 20.9 Å². The number of hydrogen-bond acceptors (Lipinski definition) is 5. The Labute approximate surface area is 122 Å². The van der Waals surface area contributed by atoms with Gasteiger partial charge in [0.25, 0.3) is 0 Å². The summed E-state index contributed by atoms with van der Waals surface area (Å²) in [6.45, 7) is 2.77. The maximum Gasteiger partial charge on any atom is 0.408 e. The van der Waals surface area contributed by atoms with Crippen LogP contribution in [0.3, 0.4) is 0 Å². The lowest BCUT2D eigenvalue weighted by Gasteiger charge is -2.18. The average Bonchev–Trinajstić information content (AvgIpc) is 2.45. The molecular weight excluding hydrogens is 276 g/mol. The highest BCUT2D eigenvalue weighted by molar-refractivity contribution is 5.88. The van der Waals surface area contributed by atoms with Crippen LogP contribution >= 0.6 is 0 Å². The first kappa shape index (κ1) is 16.5. The lowest BCUT2D eigenvalue weighted by Crippen LogP contribution is -2.52. The lowest BCUT2D eigenvalue weighted by molar-refractivity contribution is -0.307. The van der Waals surface area contributed by atoms with E-state index in [1.165, 1.54) is 13.8 Å². The molecule has 0 spiro atoms. The SMILES string of the molecule is C[C@@H](NC(=O)[C@@H](C)NC(=O)OCc1ccccc1)C(=O)[O-]. The van der Waals surface area contributed by atoms with Gasteiger partial charge in [0.2, 0.25) is 5.91 Å². The van der Waals surface area contributed by atoms with Gasteiger partial charge in [0, 0.05) is 0 Å². The average molecular weight is 293 g/mol. The zero-order valence-electron chi connectivity index (χ0n) is 11.8. The highest BCUT2D eigenvalue weighted by Gasteiger charge is 2.18. The number of carbonyl (C=O) groups is 3. The van der Waals surface area contributed by atoms with Crippen LogP contribution in [0.2, 0.25) is 0 Å². The van der Waals surface area contributed by atoms with Crippen LogP contribution in [0, 0.1) is 0 Å².